The molecule has 1 saturated heterocycles. The summed E-state index contributed by atoms with van der Waals surface area (Å²) in [7, 11) is 1.60. The summed E-state index contributed by atoms with van der Waals surface area (Å²) in [5.74, 6) is -0.521. The average molecular weight is 341 g/mol. The standard InChI is InChI=1S/C19H23N3O3/c1-25-12-9-19(18(20)24)8-4-11-22(13-19)17(23)16-15-6-3-2-5-14(15)7-10-21-16/h2-3,5-7,10H,4,8-9,11-13H2,1H3,(H2,20,24). The fraction of sp³-hybridized carbons (Fsp3) is 0.421. The van der Waals surface area contributed by atoms with Crippen molar-refractivity contribution in [1.29, 1.82) is 0 Å². The fourth-order valence-corrected chi connectivity index (χ4v) is 3.57. The Labute approximate surface area is 147 Å². The van der Waals surface area contributed by atoms with Crippen molar-refractivity contribution >= 4 is 22.6 Å². The van der Waals surface area contributed by atoms with E-state index in [4.69, 9.17) is 10.5 Å². The molecule has 1 unspecified atom stereocenters. The van der Waals surface area contributed by atoms with Crippen molar-refractivity contribution in [2.75, 3.05) is 26.8 Å². The van der Waals surface area contributed by atoms with Gasteiger partial charge in [-0.05, 0) is 30.7 Å². The Balaban J connectivity index is 1.90. The first-order chi connectivity index (χ1) is 12.1. The van der Waals surface area contributed by atoms with E-state index in [0.717, 1.165) is 17.2 Å². The molecule has 6 nitrogen and oxygen atoms in total. The Morgan fingerprint density at radius 1 is 1.32 bits per heavy atom. The largest absolute Gasteiger partial charge is 0.385 e. The average Bonchev–Trinajstić information content (AvgIpc) is 2.65. The molecule has 132 valence electrons. The van der Waals surface area contributed by atoms with Crippen molar-refractivity contribution in [2.45, 2.75) is 19.3 Å². The molecule has 2 N–H and O–H groups in total. The number of fused-ring (bicyclic) bond motifs is 1. The van der Waals surface area contributed by atoms with E-state index in [9.17, 15) is 9.59 Å². The molecule has 1 aliphatic rings. The molecule has 1 atom stereocenters. The molecule has 6 heteroatoms. The molecule has 1 aliphatic heterocycles. The molecule has 1 aromatic carbocycles. The summed E-state index contributed by atoms with van der Waals surface area (Å²) in [5, 5.41) is 1.79. The number of piperidine rings is 1. The first kappa shape index (κ1) is 17.4. The molecule has 0 radical (unpaired) electrons. The number of aromatic nitrogens is 1. The van der Waals surface area contributed by atoms with Crippen LogP contribution in [0, 0.1) is 5.41 Å². The molecule has 0 bridgehead atoms. The number of amides is 2. The lowest BCUT2D eigenvalue weighted by Gasteiger charge is -2.40. The topological polar surface area (TPSA) is 85.5 Å². The Morgan fingerprint density at radius 2 is 2.12 bits per heavy atom. The zero-order valence-corrected chi connectivity index (χ0v) is 14.4. The monoisotopic (exact) mass is 341 g/mol. The lowest BCUT2D eigenvalue weighted by Crippen LogP contribution is -2.52. The van der Waals surface area contributed by atoms with Crippen LogP contribution < -0.4 is 5.73 Å². The lowest BCUT2D eigenvalue weighted by atomic mass is 9.76. The van der Waals surface area contributed by atoms with E-state index in [-0.39, 0.29) is 11.8 Å². The minimum atomic E-state index is -0.728. The summed E-state index contributed by atoms with van der Waals surface area (Å²) in [6.07, 6.45) is 3.58. The number of primary amides is 1. The van der Waals surface area contributed by atoms with Crippen molar-refractivity contribution in [1.82, 2.24) is 9.88 Å². The zero-order valence-electron chi connectivity index (χ0n) is 14.4. The molecule has 25 heavy (non-hydrogen) atoms. The molecule has 0 saturated carbocycles. The lowest BCUT2D eigenvalue weighted by molar-refractivity contribution is -0.131. The molecule has 1 fully saturated rings. The Morgan fingerprint density at radius 3 is 2.88 bits per heavy atom. The first-order valence-electron chi connectivity index (χ1n) is 8.49. The van der Waals surface area contributed by atoms with Crippen LogP contribution in [0.5, 0.6) is 0 Å². The highest BCUT2D eigenvalue weighted by Gasteiger charge is 2.42. The molecular formula is C19H23N3O3. The van der Waals surface area contributed by atoms with Gasteiger partial charge >= 0.3 is 0 Å². The summed E-state index contributed by atoms with van der Waals surface area (Å²) in [4.78, 5) is 31.2. The maximum Gasteiger partial charge on any atom is 0.273 e. The number of benzene rings is 1. The van der Waals surface area contributed by atoms with Gasteiger partial charge in [0.15, 0.2) is 0 Å². The molecule has 0 aliphatic carbocycles. The van der Waals surface area contributed by atoms with Gasteiger partial charge in [-0.1, -0.05) is 24.3 Å². The second-order valence-corrected chi connectivity index (χ2v) is 6.60. The van der Waals surface area contributed by atoms with Crippen LogP contribution in [-0.4, -0.2) is 48.5 Å². The van der Waals surface area contributed by atoms with Crippen molar-refractivity contribution in [2.24, 2.45) is 11.1 Å². The summed E-state index contributed by atoms with van der Waals surface area (Å²) in [6.45, 7) is 1.36. The van der Waals surface area contributed by atoms with Gasteiger partial charge in [0, 0.05) is 38.4 Å². The molecular weight excluding hydrogens is 318 g/mol. The van der Waals surface area contributed by atoms with E-state index in [1.165, 1.54) is 0 Å². The molecule has 2 aromatic rings. The van der Waals surface area contributed by atoms with Crippen molar-refractivity contribution in [3.63, 3.8) is 0 Å². The molecule has 2 heterocycles. The summed E-state index contributed by atoms with van der Waals surface area (Å²) >= 11 is 0. The molecule has 1 aromatic heterocycles. The van der Waals surface area contributed by atoms with E-state index in [1.54, 1.807) is 18.2 Å². The van der Waals surface area contributed by atoms with Crippen LogP contribution in [0.1, 0.15) is 29.8 Å². The Kier molecular flexibility index (Phi) is 4.99. The highest BCUT2D eigenvalue weighted by atomic mass is 16.5. The number of methoxy groups -OCH3 is 1. The predicted octanol–water partition coefficient (Wildman–Crippen LogP) is 1.98. The Hall–Kier alpha value is -2.47. The third kappa shape index (κ3) is 3.35. The number of hydrogen-bond acceptors (Lipinski definition) is 4. The van der Waals surface area contributed by atoms with Crippen molar-refractivity contribution in [3.8, 4) is 0 Å². The van der Waals surface area contributed by atoms with Crippen LogP contribution in [0.4, 0.5) is 0 Å². The normalized spacial score (nSPS) is 20.6. The number of carbonyl (C=O) groups is 2. The number of nitrogens with two attached hydrogens (primary N) is 1. The predicted molar refractivity (Wildman–Crippen MR) is 95.0 cm³/mol. The van der Waals surface area contributed by atoms with Crippen LogP contribution in [0.2, 0.25) is 0 Å². The van der Waals surface area contributed by atoms with Gasteiger partial charge < -0.3 is 15.4 Å². The van der Waals surface area contributed by atoms with Crippen molar-refractivity contribution in [3.05, 3.63) is 42.2 Å². The SMILES string of the molecule is COCCC1(C(N)=O)CCCN(C(=O)c2nccc3ccccc23)C1. The van der Waals surface area contributed by atoms with Gasteiger partial charge in [-0.3, -0.25) is 14.6 Å². The van der Waals surface area contributed by atoms with Crippen molar-refractivity contribution < 1.29 is 14.3 Å². The number of likely N-dealkylation sites (tertiary alicyclic amines) is 1. The van der Waals surface area contributed by atoms with E-state index < -0.39 is 5.41 Å². The summed E-state index contributed by atoms with van der Waals surface area (Å²) in [5.41, 5.74) is 5.38. The van der Waals surface area contributed by atoms with Crippen LogP contribution in [0.3, 0.4) is 0 Å². The van der Waals surface area contributed by atoms with Gasteiger partial charge in [0.05, 0.1) is 5.41 Å². The van der Waals surface area contributed by atoms with E-state index in [2.05, 4.69) is 4.98 Å². The van der Waals surface area contributed by atoms with Crippen LogP contribution in [0.15, 0.2) is 36.5 Å². The van der Waals surface area contributed by atoms with E-state index >= 15 is 0 Å². The van der Waals surface area contributed by atoms with Gasteiger partial charge in [-0.15, -0.1) is 0 Å². The number of rotatable bonds is 5. The highest BCUT2D eigenvalue weighted by molar-refractivity contribution is 6.05. The first-order valence-corrected chi connectivity index (χ1v) is 8.49. The second-order valence-electron chi connectivity index (χ2n) is 6.60. The van der Waals surface area contributed by atoms with E-state index in [1.807, 2.05) is 30.3 Å². The number of hydrogen-bond donors (Lipinski definition) is 1. The maximum absolute atomic E-state index is 13.1. The third-order valence-corrected chi connectivity index (χ3v) is 5.05. The zero-order chi connectivity index (χ0) is 17.9. The number of carbonyl (C=O) groups excluding carboxylic acids is 2. The fourth-order valence-electron chi connectivity index (χ4n) is 3.57. The minimum absolute atomic E-state index is 0.153. The smallest absolute Gasteiger partial charge is 0.273 e. The number of pyridine rings is 1. The molecule has 2 amide bonds. The summed E-state index contributed by atoms with van der Waals surface area (Å²) in [6, 6.07) is 9.56. The minimum Gasteiger partial charge on any atom is -0.385 e. The highest BCUT2D eigenvalue weighted by Crippen LogP contribution is 2.34. The summed E-state index contributed by atoms with van der Waals surface area (Å²) < 4.78 is 5.13. The second kappa shape index (κ2) is 7.19. The maximum atomic E-state index is 13.1. The van der Waals surface area contributed by atoms with Gasteiger partial charge in [0.1, 0.15) is 5.69 Å². The number of nitrogens with zero attached hydrogens (tertiary/aromatic N) is 2. The molecule has 0 spiro atoms. The van der Waals surface area contributed by atoms with Gasteiger partial charge in [0.2, 0.25) is 5.91 Å². The van der Waals surface area contributed by atoms with Crippen LogP contribution >= 0.6 is 0 Å². The van der Waals surface area contributed by atoms with Gasteiger partial charge in [0.25, 0.3) is 5.91 Å². The number of ether oxygens (including phenoxy) is 1. The quantitative estimate of drug-likeness (QED) is 0.901. The van der Waals surface area contributed by atoms with Gasteiger partial charge in [-0.2, -0.15) is 0 Å². The van der Waals surface area contributed by atoms with Crippen LogP contribution in [0.25, 0.3) is 10.8 Å². The third-order valence-electron chi connectivity index (χ3n) is 5.05. The van der Waals surface area contributed by atoms with Crippen LogP contribution in [-0.2, 0) is 9.53 Å². The van der Waals surface area contributed by atoms with Gasteiger partial charge in [-0.25, -0.2) is 0 Å². The Bertz CT molecular complexity index is 787. The molecule has 3 rings (SSSR count). The van der Waals surface area contributed by atoms with E-state index in [0.29, 0.717) is 38.2 Å².